The average Bonchev–Trinajstić information content (AvgIpc) is 3.39. The van der Waals surface area contributed by atoms with Gasteiger partial charge in [0, 0.05) is 55.7 Å². The third-order valence-electron chi connectivity index (χ3n) is 7.13. The Balaban J connectivity index is 0.000000242. The number of imidazole rings is 1. The number of aliphatic hydroxyl groups is 2. The van der Waals surface area contributed by atoms with Gasteiger partial charge in [0.05, 0.1) is 30.9 Å². The van der Waals surface area contributed by atoms with Crippen molar-refractivity contribution in [3.05, 3.63) is 73.2 Å². The summed E-state index contributed by atoms with van der Waals surface area (Å²) in [6.07, 6.45) is 9.03. The van der Waals surface area contributed by atoms with E-state index in [2.05, 4.69) is 21.9 Å². The van der Waals surface area contributed by atoms with Crippen molar-refractivity contribution in [1.29, 1.82) is 0 Å². The average molecular weight is 633 g/mol. The Morgan fingerprint density at radius 2 is 1.35 bits per heavy atom. The molecule has 12 nitrogen and oxygen atoms in total. The van der Waals surface area contributed by atoms with Crippen LogP contribution in [0.15, 0.2) is 28.3 Å². The van der Waals surface area contributed by atoms with E-state index in [4.69, 9.17) is 0 Å². The molecule has 0 spiro atoms. The molecule has 43 heavy (non-hydrogen) atoms. The minimum atomic E-state index is -0.285. The Morgan fingerprint density at radius 3 is 1.84 bits per heavy atom. The van der Waals surface area contributed by atoms with E-state index in [1.54, 1.807) is 51.2 Å². The van der Waals surface area contributed by atoms with Crippen molar-refractivity contribution in [2.24, 2.45) is 14.1 Å². The van der Waals surface area contributed by atoms with E-state index >= 15 is 0 Å². The molecule has 0 aromatic carbocycles. The largest absolute Gasteiger partial charge is 0.506 e. The number of aryl methyl sites for hydroxylation is 4. The zero-order valence-electron chi connectivity index (χ0n) is 25.2. The normalized spacial score (nSPS) is 11.1. The van der Waals surface area contributed by atoms with E-state index in [0.29, 0.717) is 51.7 Å². The summed E-state index contributed by atoms with van der Waals surface area (Å²) in [4.78, 5) is 36.8. The number of fused-ring (bicyclic) bond motifs is 1. The first-order chi connectivity index (χ1) is 20.6. The SMILES string of the molecule is CCCCCCn1c(=O)c2c(ncn2C)n(C)c1=O.Cc1ncc(CSSCc2cnc(C)c(O)c2CO)c(CO)c1O. The lowest BCUT2D eigenvalue weighted by atomic mass is 10.1. The summed E-state index contributed by atoms with van der Waals surface area (Å²) < 4.78 is 4.43. The molecule has 0 aliphatic rings. The summed E-state index contributed by atoms with van der Waals surface area (Å²) in [7, 11) is 6.49. The number of aliphatic hydroxyl groups excluding tert-OH is 2. The highest BCUT2D eigenvalue weighted by Gasteiger charge is 2.15. The fourth-order valence-corrected chi connectivity index (χ4v) is 6.65. The first-order valence-corrected chi connectivity index (χ1v) is 16.5. The second kappa shape index (κ2) is 15.9. The molecule has 4 aromatic heterocycles. The maximum atomic E-state index is 12.3. The van der Waals surface area contributed by atoms with Crippen molar-refractivity contribution in [2.45, 2.75) is 77.7 Å². The van der Waals surface area contributed by atoms with Crippen LogP contribution in [-0.4, -0.2) is 49.1 Å². The van der Waals surface area contributed by atoms with Gasteiger partial charge in [0.15, 0.2) is 11.2 Å². The first-order valence-electron chi connectivity index (χ1n) is 14.0. The van der Waals surface area contributed by atoms with E-state index in [0.717, 1.165) is 36.8 Å². The molecule has 0 unspecified atom stereocenters. The Morgan fingerprint density at radius 1 is 0.814 bits per heavy atom. The van der Waals surface area contributed by atoms with E-state index in [-0.39, 0.29) is 36.0 Å². The predicted octanol–water partition coefficient (Wildman–Crippen LogP) is 3.58. The Hall–Kier alpha value is -3.33. The van der Waals surface area contributed by atoms with Crippen molar-refractivity contribution in [1.82, 2.24) is 28.7 Å². The molecule has 0 saturated carbocycles. The van der Waals surface area contributed by atoms with E-state index in [9.17, 15) is 30.0 Å². The van der Waals surface area contributed by atoms with Gasteiger partial charge in [-0.25, -0.2) is 9.78 Å². The number of rotatable bonds is 12. The Kier molecular flexibility index (Phi) is 12.7. The molecule has 4 rings (SSSR count). The molecule has 0 aliphatic carbocycles. The van der Waals surface area contributed by atoms with E-state index in [1.807, 2.05) is 0 Å². The smallest absolute Gasteiger partial charge is 0.332 e. The zero-order valence-corrected chi connectivity index (χ0v) is 26.8. The van der Waals surface area contributed by atoms with Gasteiger partial charge in [0.25, 0.3) is 5.56 Å². The van der Waals surface area contributed by atoms with Gasteiger partial charge in [-0.2, -0.15) is 0 Å². The standard InChI is InChI=1S/C16H20N2O4S2.C13H20N4O2/c1-9-15(21)13(5-19)11(3-17-9)7-23-24-8-12-4-18-10(2)16(22)14(12)6-20;1-4-5-6-7-8-17-12(18)10-11(14-9-15(10)2)16(3)13(17)19/h3-4,19-22H,5-8H2,1-2H3;9H,4-8H2,1-3H3. The molecule has 14 heteroatoms. The molecule has 0 atom stereocenters. The molecule has 4 N–H and O–H groups in total. The van der Waals surface area contributed by atoms with Crippen LogP contribution in [0.5, 0.6) is 11.5 Å². The summed E-state index contributed by atoms with van der Waals surface area (Å²) in [5, 5.41) is 38.7. The molecule has 4 heterocycles. The van der Waals surface area contributed by atoms with Crippen LogP contribution in [0.1, 0.15) is 66.2 Å². The van der Waals surface area contributed by atoms with Crippen molar-refractivity contribution in [3.8, 4) is 11.5 Å². The number of aromatic nitrogens is 6. The Bertz CT molecular complexity index is 1600. The van der Waals surface area contributed by atoms with E-state index < -0.39 is 0 Å². The van der Waals surface area contributed by atoms with Crippen LogP contribution in [0.4, 0.5) is 0 Å². The van der Waals surface area contributed by atoms with Crippen molar-refractivity contribution in [2.75, 3.05) is 0 Å². The minimum Gasteiger partial charge on any atom is -0.506 e. The summed E-state index contributed by atoms with van der Waals surface area (Å²) in [5.41, 5.74) is 3.96. The fourth-order valence-electron chi connectivity index (χ4n) is 4.47. The third kappa shape index (κ3) is 7.99. The molecule has 0 radical (unpaired) electrons. The van der Waals surface area contributed by atoms with Gasteiger partial charge in [-0.3, -0.25) is 23.9 Å². The molecule has 0 aliphatic heterocycles. The van der Waals surface area contributed by atoms with Gasteiger partial charge in [0.1, 0.15) is 11.5 Å². The van der Waals surface area contributed by atoms with E-state index in [1.165, 1.54) is 30.7 Å². The van der Waals surface area contributed by atoms with Crippen molar-refractivity contribution in [3.63, 3.8) is 0 Å². The second-order valence-corrected chi connectivity index (χ2v) is 12.6. The number of unbranched alkanes of at least 4 members (excludes halogenated alkanes) is 3. The monoisotopic (exact) mass is 632 g/mol. The first kappa shape index (κ1) is 34.2. The highest BCUT2D eigenvalue weighted by molar-refractivity contribution is 8.76. The molecular weight excluding hydrogens is 592 g/mol. The highest BCUT2D eigenvalue weighted by Crippen LogP contribution is 2.35. The van der Waals surface area contributed by atoms with Gasteiger partial charge in [-0.05, 0) is 31.4 Å². The summed E-state index contributed by atoms with van der Waals surface area (Å²) in [5.74, 6) is 1.22. The van der Waals surface area contributed by atoms with Gasteiger partial charge in [0.2, 0.25) is 0 Å². The van der Waals surface area contributed by atoms with Crippen LogP contribution in [0.25, 0.3) is 11.2 Å². The van der Waals surface area contributed by atoms with Gasteiger partial charge < -0.3 is 25.0 Å². The third-order valence-corrected chi connectivity index (χ3v) is 9.36. The van der Waals surface area contributed by atoms with Gasteiger partial charge in [-0.1, -0.05) is 47.8 Å². The molecule has 0 fully saturated rings. The maximum absolute atomic E-state index is 12.3. The summed E-state index contributed by atoms with van der Waals surface area (Å²) in [6.45, 7) is 5.51. The number of nitrogens with zero attached hydrogens (tertiary/aromatic N) is 6. The second-order valence-electron chi connectivity index (χ2n) is 10.1. The van der Waals surface area contributed by atoms with Gasteiger partial charge >= 0.3 is 5.69 Å². The van der Waals surface area contributed by atoms with Crippen LogP contribution in [0.3, 0.4) is 0 Å². The maximum Gasteiger partial charge on any atom is 0.332 e. The van der Waals surface area contributed by atoms with Crippen LogP contribution in [0.2, 0.25) is 0 Å². The molecule has 0 saturated heterocycles. The highest BCUT2D eigenvalue weighted by atomic mass is 33.1. The fraction of sp³-hybridized carbons (Fsp3) is 0.483. The molecule has 0 bridgehead atoms. The summed E-state index contributed by atoms with van der Waals surface area (Å²) >= 11 is 0. The van der Waals surface area contributed by atoms with Crippen molar-refractivity contribution >= 4 is 32.8 Å². The molecule has 234 valence electrons. The minimum absolute atomic E-state index is 0.0378. The lowest BCUT2D eigenvalue weighted by Gasteiger charge is -2.12. The van der Waals surface area contributed by atoms with Crippen LogP contribution in [-0.2, 0) is 45.4 Å². The van der Waals surface area contributed by atoms with Crippen LogP contribution >= 0.6 is 21.6 Å². The number of hydrogen-bond donors (Lipinski definition) is 4. The lowest BCUT2D eigenvalue weighted by molar-refractivity contribution is 0.273. The van der Waals surface area contributed by atoms with Gasteiger partial charge in [-0.15, -0.1) is 0 Å². The molecule has 0 amide bonds. The van der Waals surface area contributed by atoms with Crippen LogP contribution in [0, 0.1) is 13.8 Å². The predicted molar refractivity (Wildman–Crippen MR) is 170 cm³/mol. The van der Waals surface area contributed by atoms with Crippen molar-refractivity contribution < 1.29 is 20.4 Å². The van der Waals surface area contributed by atoms with Crippen LogP contribution < -0.4 is 11.2 Å². The lowest BCUT2D eigenvalue weighted by Crippen LogP contribution is -2.39. The number of hydrogen-bond acceptors (Lipinski definition) is 11. The summed E-state index contributed by atoms with van der Waals surface area (Å²) in [6, 6.07) is 0. The quantitative estimate of drug-likeness (QED) is 0.133. The number of aromatic hydroxyl groups is 2. The zero-order chi connectivity index (χ0) is 31.7. The molecule has 4 aromatic rings. The Labute approximate surface area is 257 Å². The molecular formula is C29H40N6O6S2. The topological polar surface area (TPSA) is 169 Å². The number of pyridine rings is 2.